The van der Waals surface area contributed by atoms with E-state index < -0.39 is 23.4 Å². The Kier molecular flexibility index (Phi) is 3.16. The van der Waals surface area contributed by atoms with E-state index in [1.54, 1.807) is 0 Å². The highest BCUT2D eigenvalue weighted by Crippen LogP contribution is 2.32. The van der Waals surface area contributed by atoms with Gasteiger partial charge in [-0.05, 0) is 6.92 Å². The maximum absolute atomic E-state index is 11.4. The molecule has 0 spiro atoms. The molecule has 4 N–H and O–H groups in total. The van der Waals surface area contributed by atoms with Crippen molar-refractivity contribution < 1.29 is 25.2 Å². The molecule has 0 amide bonds. The van der Waals surface area contributed by atoms with Gasteiger partial charge in [0.2, 0.25) is 0 Å². The zero-order chi connectivity index (χ0) is 11.6. The highest BCUT2D eigenvalue weighted by molar-refractivity contribution is 6.01. The minimum absolute atomic E-state index is 0.202. The Morgan fingerprint density at radius 3 is 2.13 bits per heavy atom. The number of rotatable bonds is 3. The summed E-state index contributed by atoms with van der Waals surface area (Å²) in [4.78, 5) is 11.4. The molecular formula is C10H12O5. The summed E-state index contributed by atoms with van der Waals surface area (Å²) < 4.78 is 0. The van der Waals surface area contributed by atoms with E-state index in [-0.39, 0.29) is 17.7 Å². The van der Waals surface area contributed by atoms with Crippen LogP contribution in [-0.2, 0) is 0 Å². The number of benzene rings is 1. The Bertz CT molecular complexity index is 360. The van der Waals surface area contributed by atoms with Gasteiger partial charge in [-0.2, -0.15) is 0 Å². The number of Topliss-reactive ketones (excluding diaryl/α,β-unsaturated/α-hetero) is 1. The van der Waals surface area contributed by atoms with Gasteiger partial charge in [-0.1, -0.05) is 0 Å². The lowest BCUT2D eigenvalue weighted by atomic mass is 10.0. The summed E-state index contributed by atoms with van der Waals surface area (Å²) in [5.41, 5.74) is -0.284. The Balaban J connectivity index is 3.09. The van der Waals surface area contributed by atoms with Crippen LogP contribution in [0.4, 0.5) is 0 Å². The molecule has 0 aliphatic carbocycles. The van der Waals surface area contributed by atoms with E-state index in [2.05, 4.69) is 0 Å². The lowest BCUT2D eigenvalue weighted by Crippen LogP contribution is -2.09. The Morgan fingerprint density at radius 1 is 1.27 bits per heavy atom. The van der Waals surface area contributed by atoms with Gasteiger partial charge in [-0.25, -0.2) is 0 Å². The number of carbonyl (C=O) groups is 1. The van der Waals surface area contributed by atoms with Crippen LogP contribution in [0.5, 0.6) is 17.2 Å². The number of hydrogen-bond acceptors (Lipinski definition) is 5. The fourth-order valence-corrected chi connectivity index (χ4v) is 1.25. The van der Waals surface area contributed by atoms with Crippen molar-refractivity contribution in [3.63, 3.8) is 0 Å². The molecule has 0 fully saturated rings. The third-order valence-electron chi connectivity index (χ3n) is 1.84. The van der Waals surface area contributed by atoms with E-state index in [4.69, 9.17) is 10.2 Å². The van der Waals surface area contributed by atoms with E-state index in [9.17, 15) is 15.0 Å². The minimum Gasteiger partial charge on any atom is -0.508 e. The summed E-state index contributed by atoms with van der Waals surface area (Å²) in [6.45, 7) is 1.42. The van der Waals surface area contributed by atoms with Crippen molar-refractivity contribution in [3.05, 3.63) is 17.7 Å². The number of aromatic hydroxyl groups is 3. The SMILES string of the molecule is C[C@H](O)CC(=O)c1c(O)cc(O)cc1O. The van der Waals surface area contributed by atoms with E-state index in [0.29, 0.717) is 0 Å². The fraction of sp³-hybridized carbons (Fsp3) is 0.300. The van der Waals surface area contributed by atoms with Crippen molar-refractivity contribution >= 4 is 5.78 Å². The topological polar surface area (TPSA) is 98.0 Å². The maximum Gasteiger partial charge on any atom is 0.172 e. The second-order valence-electron chi connectivity index (χ2n) is 3.34. The van der Waals surface area contributed by atoms with Gasteiger partial charge in [0.15, 0.2) is 5.78 Å². The van der Waals surface area contributed by atoms with Crippen LogP contribution in [0.25, 0.3) is 0 Å². The average Bonchev–Trinajstić information content (AvgIpc) is 1.99. The second kappa shape index (κ2) is 4.18. The maximum atomic E-state index is 11.4. The summed E-state index contributed by atoms with van der Waals surface area (Å²) in [6, 6.07) is 1.91. The number of hydrogen-bond donors (Lipinski definition) is 4. The molecular weight excluding hydrogens is 200 g/mol. The standard InChI is InChI=1S/C10H12O5/c1-5(11)2-7(13)10-8(14)3-6(12)4-9(10)15/h3-5,11-12,14-15H,2H2,1H3/t5-/m0/s1. The largest absolute Gasteiger partial charge is 0.508 e. The first-order chi connectivity index (χ1) is 6.91. The van der Waals surface area contributed by atoms with E-state index >= 15 is 0 Å². The average molecular weight is 212 g/mol. The number of carbonyl (C=O) groups excluding carboxylic acids is 1. The predicted molar refractivity (Wildman–Crippen MR) is 52.1 cm³/mol. The number of aliphatic hydroxyl groups is 1. The molecule has 0 aliphatic heterocycles. The van der Waals surface area contributed by atoms with Crippen LogP contribution < -0.4 is 0 Å². The fourth-order valence-electron chi connectivity index (χ4n) is 1.25. The molecule has 1 rings (SSSR count). The smallest absolute Gasteiger partial charge is 0.172 e. The van der Waals surface area contributed by atoms with Crippen molar-refractivity contribution in [2.75, 3.05) is 0 Å². The monoisotopic (exact) mass is 212 g/mol. The third-order valence-corrected chi connectivity index (χ3v) is 1.84. The molecule has 82 valence electrons. The molecule has 0 heterocycles. The quantitative estimate of drug-likeness (QED) is 0.554. The molecule has 1 atom stereocenters. The zero-order valence-corrected chi connectivity index (χ0v) is 8.14. The number of phenolic OH excluding ortho intramolecular Hbond substituents is 3. The van der Waals surface area contributed by atoms with E-state index in [1.807, 2.05) is 0 Å². The van der Waals surface area contributed by atoms with Gasteiger partial charge in [0.1, 0.15) is 22.8 Å². The van der Waals surface area contributed by atoms with Crippen LogP contribution in [-0.4, -0.2) is 32.3 Å². The lowest BCUT2D eigenvalue weighted by Gasteiger charge is -2.08. The summed E-state index contributed by atoms with van der Waals surface area (Å²) >= 11 is 0. The van der Waals surface area contributed by atoms with Crippen LogP contribution in [0.3, 0.4) is 0 Å². The van der Waals surface area contributed by atoms with Gasteiger partial charge in [0, 0.05) is 18.6 Å². The summed E-state index contributed by atoms with van der Waals surface area (Å²) in [6.07, 6.45) is -1.06. The highest BCUT2D eigenvalue weighted by Gasteiger charge is 2.18. The summed E-state index contributed by atoms with van der Waals surface area (Å²) in [7, 11) is 0. The Labute approximate surface area is 86.2 Å². The number of ketones is 1. The van der Waals surface area contributed by atoms with Gasteiger partial charge in [-0.3, -0.25) is 4.79 Å². The van der Waals surface area contributed by atoms with Crippen molar-refractivity contribution in [2.24, 2.45) is 0 Å². The van der Waals surface area contributed by atoms with Crippen LogP contribution in [0.2, 0.25) is 0 Å². The molecule has 0 unspecified atom stereocenters. The minimum atomic E-state index is -0.856. The van der Waals surface area contributed by atoms with Gasteiger partial charge in [0.05, 0.1) is 6.10 Å². The van der Waals surface area contributed by atoms with Crippen molar-refractivity contribution in [1.82, 2.24) is 0 Å². The molecule has 0 radical (unpaired) electrons. The van der Waals surface area contributed by atoms with Crippen molar-refractivity contribution in [1.29, 1.82) is 0 Å². The molecule has 1 aromatic carbocycles. The van der Waals surface area contributed by atoms with Gasteiger partial charge in [0.25, 0.3) is 0 Å². The predicted octanol–water partition coefficient (Wildman–Crippen LogP) is 0.757. The van der Waals surface area contributed by atoms with Gasteiger partial charge in [-0.15, -0.1) is 0 Å². The number of phenols is 3. The molecule has 0 saturated heterocycles. The second-order valence-corrected chi connectivity index (χ2v) is 3.34. The van der Waals surface area contributed by atoms with E-state index in [0.717, 1.165) is 12.1 Å². The zero-order valence-electron chi connectivity index (χ0n) is 8.14. The van der Waals surface area contributed by atoms with E-state index in [1.165, 1.54) is 6.92 Å². The highest BCUT2D eigenvalue weighted by atomic mass is 16.3. The van der Waals surface area contributed by atoms with Crippen LogP contribution in [0, 0.1) is 0 Å². The molecule has 1 aromatic rings. The molecule has 0 bridgehead atoms. The van der Waals surface area contributed by atoms with Crippen LogP contribution in [0.15, 0.2) is 12.1 Å². The normalized spacial score (nSPS) is 12.4. The molecule has 0 saturated carbocycles. The van der Waals surface area contributed by atoms with Crippen molar-refractivity contribution in [3.8, 4) is 17.2 Å². The third kappa shape index (κ3) is 2.60. The molecule has 5 heteroatoms. The van der Waals surface area contributed by atoms with Crippen LogP contribution in [0.1, 0.15) is 23.7 Å². The Hall–Kier alpha value is -1.75. The molecule has 0 aromatic heterocycles. The Morgan fingerprint density at radius 2 is 1.73 bits per heavy atom. The molecule has 0 aliphatic rings. The number of aliphatic hydroxyl groups excluding tert-OH is 1. The summed E-state index contributed by atoms with van der Waals surface area (Å²) in [5, 5.41) is 36.7. The van der Waals surface area contributed by atoms with Gasteiger partial charge >= 0.3 is 0 Å². The van der Waals surface area contributed by atoms with Crippen molar-refractivity contribution in [2.45, 2.75) is 19.4 Å². The lowest BCUT2D eigenvalue weighted by molar-refractivity contribution is 0.0896. The first kappa shape index (κ1) is 11.3. The first-order valence-electron chi connectivity index (χ1n) is 4.38. The van der Waals surface area contributed by atoms with Crippen LogP contribution >= 0.6 is 0 Å². The molecule has 5 nitrogen and oxygen atoms in total. The first-order valence-corrected chi connectivity index (χ1v) is 4.38. The van der Waals surface area contributed by atoms with Gasteiger partial charge < -0.3 is 20.4 Å². The summed E-state index contributed by atoms with van der Waals surface area (Å²) in [5.74, 6) is -1.92. The molecule has 15 heavy (non-hydrogen) atoms.